The molecule has 4 heteroatoms. The number of hydrogen-bond donors (Lipinski definition) is 1. The van der Waals surface area contributed by atoms with Crippen molar-refractivity contribution >= 4 is 5.84 Å². The lowest BCUT2D eigenvalue weighted by Crippen LogP contribution is -2.40. The molecule has 1 heterocycles. The Bertz CT molecular complexity index is 341. The van der Waals surface area contributed by atoms with Gasteiger partial charge >= 0.3 is 0 Å². The van der Waals surface area contributed by atoms with Crippen LogP contribution in [0.25, 0.3) is 0 Å². The van der Waals surface area contributed by atoms with Crippen LogP contribution in [-0.2, 0) is 4.74 Å². The van der Waals surface area contributed by atoms with Crippen LogP contribution in [0.15, 0.2) is 29.4 Å². The van der Waals surface area contributed by atoms with Crippen molar-refractivity contribution in [2.45, 2.75) is 37.8 Å². The van der Waals surface area contributed by atoms with Gasteiger partial charge in [-0.25, -0.2) is 0 Å². The summed E-state index contributed by atoms with van der Waals surface area (Å²) in [6.07, 6.45) is 8.86. The maximum atomic E-state index is 5.36. The zero-order chi connectivity index (χ0) is 12.3. The lowest BCUT2D eigenvalue weighted by Gasteiger charge is -2.28. The van der Waals surface area contributed by atoms with E-state index in [-0.39, 0.29) is 0 Å². The van der Waals surface area contributed by atoms with Crippen molar-refractivity contribution < 1.29 is 4.74 Å². The predicted molar refractivity (Wildman–Crippen MR) is 69.7 cm³/mol. The Morgan fingerprint density at radius 3 is 2.65 bits per heavy atom. The van der Waals surface area contributed by atoms with Crippen LogP contribution in [0.4, 0.5) is 0 Å². The molecule has 0 bridgehead atoms. The van der Waals surface area contributed by atoms with E-state index in [9.17, 15) is 0 Å². The summed E-state index contributed by atoms with van der Waals surface area (Å²) in [6, 6.07) is 0.424. The van der Waals surface area contributed by atoms with E-state index in [1.807, 2.05) is 24.2 Å². The van der Waals surface area contributed by atoms with Crippen LogP contribution in [0.1, 0.15) is 25.7 Å². The van der Waals surface area contributed by atoms with Gasteiger partial charge in [-0.2, -0.15) is 0 Å². The summed E-state index contributed by atoms with van der Waals surface area (Å²) in [4.78, 5) is 4.73. The first kappa shape index (κ1) is 12.2. The van der Waals surface area contributed by atoms with Gasteiger partial charge in [0.1, 0.15) is 5.84 Å². The monoisotopic (exact) mass is 235 g/mol. The largest absolute Gasteiger partial charge is 0.381 e. The van der Waals surface area contributed by atoms with E-state index >= 15 is 0 Å². The fraction of sp³-hybridized carbons (Fsp3) is 0.615. The number of nitrogens with zero attached hydrogens (tertiary/aromatic N) is 2. The van der Waals surface area contributed by atoms with E-state index in [2.05, 4.69) is 12.0 Å². The molecule has 0 radical (unpaired) electrons. The van der Waals surface area contributed by atoms with Gasteiger partial charge in [0.05, 0.1) is 12.1 Å². The van der Waals surface area contributed by atoms with Crippen molar-refractivity contribution in [3.8, 4) is 0 Å². The summed E-state index contributed by atoms with van der Waals surface area (Å²) in [6.45, 7) is 3.90. The second-order valence-corrected chi connectivity index (χ2v) is 4.68. The van der Waals surface area contributed by atoms with Gasteiger partial charge in [-0.05, 0) is 37.8 Å². The van der Waals surface area contributed by atoms with E-state index in [1.54, 1.807) is 7.11 Å². The van der Waals surface area contributed by atoms with Gasteiger partial charge in [0, 0.05) is 19.9 Å². The molecule has 0 aromatic carbocycles. The number of aliphatic imine (C=N–C) groups is 1. The van der Waals surface area contributed by atoms with E-state index in [4.69, 9.17) is 9.73 Å². The Kier molecular flexibility index (Phi) is 3.84. The lowest BCUT2D eigenvalue weighted by molar-refractivity contribution is 0.0666. The summed E-state index contributed by atoms with van der Waals surface area (Å²) in [5.74, 6) is 0.931. The summed E-state index contributed by atoms with van der Waals surface area (Å²) < 4.78 is 5.36. The van der Waals surface area contributed by atoms with Crippen LogP contribution >= 0.6 is 0 Å². The van der Waals surface area contributed by atoms with Crippen LogP contribution in [0.3, 0.4) is 0 Å². The van der Waals surface area contributed by atoms with E-state index in [1.165, 1.54) is 0 Å². The molecule has 1 N–H and O–H groups in total. The minimum atomic E-state index is 0.424. The van der Waals surface area contributed by atoms with E-state index in [0.29, 0.717) is 12.1 Å². The van der Waals surface area contributed by atoms with Gasteiger partial charge in [0.25, 0.3) is 0 Å². The molecule has 0 unspecified atom stereocenters. The molecule has 4 nitrogen and oxygen atoms in total. The first-order valence-corrected chi connectivity index (χ1v) is 6.17. The van der Waals surface area contributed by atoms with E-state index < -0.39 is 0 Å². The highest BCUT2D eigenvalue weighted by molar-refractivity contribution is 5.94. The third-order valence-electron chi connectivity index (χ3n) is 3.45. The van der Waals surface area contributed by atoms with Crippen molar-refractivity contribution in [3.63, 3.8) is 0 Å². The summed E-state index contributed by atoms with van der Waals surface area (Å²) in [5, 5.41) is 1.89. The molecule has 0 aromatic heterocycles. The number of amidine groups is 1. The minimum Gasteiger partial charge on any atom is -0.381 e. The van der Waals surface area contributed by atoms with Gasteiger partial charge in [-0.3, -0.25) is 15.4 Å². The SMILES string of the molecule is C=C1C=CC(=NC2CCC(OC)CC2)NN1C. The second-order valence-electron chi connectivity index (χ2n) is 4.68. The Morgan fingerprint density at radius 1 is 1.35 bits per heavy atom. The number of ether oxygens (including phenoxy) is 1. The second kappa shape index (κ2) is 5.36. The first-order valence-electron chi connectivity index (χ1n) is 6.17. The number of likely N-dealkylation sites (N-methyl/N-ethyl adjacent to an activating group) is 1. The molecule has 0 spiro atoms. The van der Waals surface area contributed by atoms with Gasteiger partial charge in [-0.1, -0.05) is 6.58 Å². The molecular formula is C13H21N3O. The van der Waals surface area contributed by atoms with Crippen LogP contribution in [0.2, 0.25) is 0 Å². The van der Waals surface area contributed by atoms with Crippen molar-refractivity contribution in [2.24, 2.45) is 4.99 Å². The van der Waals surface area contributed by atoms with Crippen molar-refractivity contribution in [1.82, 2.24) is 10.4 Å². The predicted octanol–water partition coefficient (Wildman–Crippen LogP) is 1.86. The normalized spacial score (nSPS) is 31.8. The van der Waals surface area contributed by atoms with E-state index in [0.717, 1.165) is 37.2 Å². The first-order chi connectivity index (χ1) is 8.19. The molecule has 2 aliphatic rings. The Labute approximate surface area is 103 Å². The molecule has 0 saturated heterocycles. The molecule has 2 rings (SSSR count). The fourth-order valence-corrected chi connectivity index (χ4v) is 2.25. The van der Waals surface area contributed by atoms with Gasteiger partial charge in [0.15, 0.2) is 0 Å². The number of nitrogens with one attached hydrogen (secondary N) is 1. The number of hydrogen-bond acceptors (Lipinski definition) is 3. The minimum absolute atomic E-state index is 0.424. The Hall–Kier alpha value is -1.29. The third-order valence-corrected chi connectivity index (χ3v) is 3.45. The molecule has 1 aliphatic heterocycles. The molecular weight excluding hydrogens is 214 g/mol. The molecule has 0 amide bonds. The highest BCUT2D eigenvalue weighted by atomic mass is 16.5. The zero-order valence-corrected chi connectivity index (χ0v) is 10.6. The van der Waals surface area contributed by atoms with Crippen LogP contribution < -0.4 is 5.43 Å². The standard InChI is InChI=1S/C13H21N3O/c1-10-4-9-13(15-16(10)2)14-11-5-7-12(17-3)8-6-11/h4,9,11-12H,1,5-8H2,2-3H3,(H,14,15). The quantitative estimate of drug-likeness (QED) is 0.793. The zero-order valence-electron chi connectivity index (χ0n) is 10.6. The van der Waals surface area contributed by atoms with Gasteiger partial charge in [-0.15, -0.1) is 0 Å². The van der Waals surface area contributed by atoms with Crippen molar-refractivity contribution in [3.05, 3.63) is 24.4 Å². The highest BCUT2D eigenvalue weighted by Gasteiger charge is 2.21. The Morgan fingerprint density at radius 2 is 2.06 bits per heavy atom. The number of allylic oxidation sites excluding steroid dienone is 1. The van der Waals surface area contributed by atoms with Crippen LogP contribution in [0, 0.1) is 0 Å². The Balaban J connectivity index is 1.92. The molecule has 1 fully saturated rings. The summed E-state index contributed by atoms with van der Waals surface area (Å²) >= 11 is 0. The molecule has 17 heavy (non-hydrogen) atoms. The molecule has 1 saturated carbocycles. The summed E-state index contributed by atoms with van der Waals surface area (Å²) in [5.41, 5.74) is 4.16. The number of rotatable bonds is 2. The average molecular weight is 235 g/mol. The fourth-order valence-electron chi connectivity index (χ4n) is 2.25. The van der Waals surface area contributed by atoms with Crippen LogP contribution in [0.5, 0.6) is 0 Å². The maximum absolute atomic E-state index is 5.36. The molecule has 0 aromatic rings. The third kappa shape index (κ3) is 3.09. The number of methoxy groups -OCH3 is 1. The van der Waals surface area contributed by atoms with Crippen molar-refractivity contribution in [1.29, 1.82) is 0 Å². The van der Waals surface area contributed by atoms with Gasteiger partial charge < -0.3 is 4.74 Å². The highest BCUT2D eigenvalue weighted by Crippen LogP contribution is 2.23. The maximum Gasteiger partial charge on any atom is 0.140 e. The lowest BCUT2D eigenvalue weighted by atomic mass is 9.93. The summed E-state index contributed by atoms with van der Waals surface area (Å²) in [7, 11) is 3.74. The molecule has 1 aliphatic carbocycles. The van der Waals surface area contributed by atoms with Gasteiger partial charge in [0.2, 0.25) is 0 Å². The molecule has 0 atom stereocenters. The topological polar surface area (TPSA) is 36.9 Å². The van der Waals surface area contributed by atoms with Crippen molar-refractivity contribution in [2.75, 3.05) is 14.2 Å². The average Bonchev–Trinajstić information content (AvgIpc) is 2.35. The smallest absolute Gasteiger partial charge is 0.140 e. The van der Waals surface area contributed by atoms with Crippen LogP contribution in [-0.4, -0.2) is 37.1 Å². The number of hydrazine groups is 1. The molecule has 94 valence electrons.